The summed E-state index contributed by atoms with van der Waals surface area (Å²) in [6.45, 7) is 5.25. The van der Waals surface area contributed by atoms with E-state index in [9.17, 15) is 9.59 Å². The highest BCUT2D eigenvalue weighted by atomic mass is 35.5. The monoisotopic (exact) mass is 434 g/mol. The highest BCUT2D eigenvalue weighted by molar-refractivity contribution is 6.31. The lowest BCUT2D eigenvalue weighted by Gasteiger charge is -2.03. The Balaban J connectivity index is 1.64. The van der Waals surface area contributed by atoms with E-state index in [0.717, 1.165) is 11.3 Å². The minimum atomic E-state index is -0.570. The summed E-state index contributed by atoms with van der Waals surface area (Å²) in [6, 6.07) is 14.7. The van der Waals surface area contributed by atoms with Crippen molar-refractivity contribution in [1.82, 2.24) is 9.78 Å². The molecule has 0 unspecified atom stereocenters. The van der Waals surface area contributed by atoms with Gasteiger partial charge in [-0.3, -0.25) is 4.79 Å². The van der Waals surface area contributed by atoms with Crippen LogP contribution in [0.2, 0.25) is 5.15 Å². The Morgan fingerprint density at radius 1 is 1.10 bits per heavy atom. The van der Waals surface area contributed by atoms with Crippen molar-refractivity contribution in [3.63, 3.8) is 0 Å². The number of cyclic esters (lactones) is 1. The standard InChI is InChI=1S/C23H19ClN4O3/c1-13-4-10-18(11-5-13)28-21(24)19(14(2)27-28)12-20-23(30)31-22(26-20)16-6-8-17(9-7-16)25-15(3)29/h4-12H,1-3H3,(H,25,29)/b20-12-. The molecule has 1 amide bonds. The Labute approximate surface area is 184 Å². The maximum absolute atomic E-state index is 12.4. The SMILES string of the molecule is CC(=O)Nc1ccc(C2=N/C(=C\c3c(C)nn(-c4ccc(C)cc4)c3Cl)C(=O)O2)cc1. The number of carbonyl (C=O) groups is 2. The Kier molecular flexibility index (Phi) is 5.44. The van der Waals surface area contributed by atoms with Gasteiger partial charge < -0.3 is 10.1 Å². The van der Waals surface area contributed by atoms with Crippen molar-refractivity contribution in [3.05, 3.63) is 81.8 Å². The molecule has 4 rings (SSSR count). The first-order chi connectivity index (χ1) is 14.8. The molecule has 0 saturated carbocycles. The number of aliphatic imine (C=N–C) groups is 1. The number of hydrogen-bond acceptors (Lipinski definition) is 5. The summed E-state index contributed by atoms with van der Waals surface area (Å²) in [7, 11) is 0. The Hall–Kier alpha value is -3.71. The molecule has 0 radical (unpaired) electrons. The van der Waals surface area contributed by atoms with Gasteiger partial charge in [0, 0.05) is 23.7 Å². The number of esters is 1. The lowest BCUT2D eigenvalue weighted by atomic mass is 10.2. The van der Waals surface area contributed by atoms with E-state index in [2.05, 4.69) is 15.4 Å². The van der Waals surface area contributed by atoms with Crippen LogP contribution >= 0.6 is 11.6 Å². The highest BCUT2D eigenvalue weighted by Crippen LogP contribution is 2.28. The van der Waals surface area contributed by atoms with Gasteiger partial charge in [0.2, 0.25) is 11.8 Å². The van der Waals surface area contributed by atoms with Crippen molar-refractivity contribution >= 4 is 41.1 Å². The summed E-state index contributed by atoms with van der Waals surface area (Å²) in [5, 5.41) is 7.55. The molecule has 2 heterocycles. The summed E-state index contributed by atoms with van der Waals surface area (Å²) >= 11 is 6.56. The fourth-order valence-corrected chi connectivity index (χ4v) is 3.43. The van der Waals surface area contributed by atoms with Gasteiger partial charge in [0.25, 0.3) is 0 Å². The maximum atomic E-state index is 12.4. The molecule has 8 heteroatoms. The Morgan fingerprint density at radius 2 is 1.77 bits per heavy atom. The minimum Gasteiger partial charge on any atom is -0.402 e. The van der Waals surface area contributed by atoms with Gasteiger partial charge in [0.15, 0.2) is 5.70 Å². The van der Waals surface area contributed by atoms with Crippen molar-refractivity contribution in [2.24, 2.45) is 4.99 Å². The van der Waals surface area contributed by atoms with Crippen LogP contribution in [0.3, 0.4) is 0 Å². The number of halogens is 1. The normalized spacial score (nSPS) is 14.5. The van der Waals surface area contributed by atoms with Gasteiger partial charge in [0.05, 0.1) is 11.4 Å². The third-order valence-electron chi connectivity index (χ3n) is 4.68. The fraction of sp³-hybridized carbons (Fsp3) is 0.130. The molecule has 0 bridgehead atoms. The first kappa shape index (κ1) is 20.6. The van der Waals surface area contributed by atoms with Crippen molar-refractivity contribution in [3.8, 4) is 5.69 Å². The first-order valence-electron chi connectivity index (χ1n) is 9.54. The third-order valence-corrected chi connectivity index (χ3v) is 5.04. The van der Waals surface area contributed by atoms with Gasteiger partial charge in [-0.15, -0.1) is 0 Å². The summed E-state index contributed by atoms with van der Waals surface area (Å²) < 4.78 is 6.94. The van der Waals surface area contributed by atoms with Crippen molar-refractivity contribution in [2.75, 3.05) is 5.32 Å². The van der Waals surface area contributed by atoms with E-state index in [1.807, 2.05) is 38.1 Å². The van der Waals surface area contributed by atoms with Gasteiger partial charge in [-0.05, 0) is 56.3 Å². The molecule has 3 aromatic rings. The molecule has 0 atom stereocenters. The van der Waals surface area contributed by atoms with E-state index in [4.69, 9.17) is 16.3 Å². The van der Waals surface area contributed by atoms with Crippen molar-refractivity contribution in [2.45, 2.75) is 20.8 Å². The van der Waals surface area contributed by atoms with Crippen LogP contribution in [0.5, 0.6) is 0 Å². The number of ether oxygens (including phenoxy) is 1. The number of rotatable bonds is 4. The molecular formula is C23H19ClN4O3. The van der Waals surface area contributed by atoms with Crippen LogP contribution in [0.4, 0.5) is 5.69 Å². The number of nitrogens with one attached hydrogen (secondary N) is 1. The van der Waals surface area contributed by atoms with Gasteiger partial charge >= 0.3 is 5.97 Å². The second-order valence-electron chi connectivity index (χ2n) is 7.13. The van der Waals surface area contributed by atoms with E-state index in [1.165, 1.54) is 6.92 Å². The summed E-state index contributed by atoms with van der Waals surface area (Å²) in [5.41, 5.74) is 4.60. The molecule has 1 aliphatic rings. The maximum Gasteiger partial charge on any atom is 0.363 e. The van der Waals surface area contributed by atoms with Crippen LogP contribution in [0.15, 0.2) is 59.2 Å². The smallest absolute Gasteiger partial charge is 0.363 e. The van der Waals surface area contributed by atoms with Crippen LogP contribution < -0.4 is 5.32 Å². The van der Waals surface area contributed by atoms with Crippen LogP contribution in [0.25, 0.3) is 11.8 Å². The lowest BCUT2D eigenvalue weighted by Crippen LogP contribution is -2.07. The number of benzene rings is 2. The Morgan fingerprint density at radius 3 is 2.42 bits per heavy atom. The van der Waals surface area contributed by atoms with Crippen molar-refractivity contribution in [1.29, 1.82) is 0 Å². The zero-order valence-electron chi connectivity index (χ0n) is 17.1. The van der Waals surface area contributed by atoms with Gasteiger partial charge in [-0.25, -0.2) is 14.5 Å². The molecule has 7 nitrogen and oxygen atoms in total. The molecule has 1 aliphatic heterocycles. The molecule has 0 saturated heterocycles. The lowest BCUT2D eigenvalue weighted by molar-refractivity contribution is -0.129. The molecule has 2 aromatic carbocycles. The molecule has 156 valence electrons. The largest absolute Gasteiger partial charge is 0.402 e. The zero-order valence-corrected chi connectivity index (χ0v) is 17.9. The van der Waals surface area contributed by atoms with Gasteiger partial charge in [-0.2, -0.15) is 5.10 Å². The van der Waals surface area contributed by atoms with Crippen molar-refractivity contribution < 1.29 is 14.3 Å². The number of carbonyl (C=O) groups excluding carboxylic acids is 2. The average molecular weight is 435 g/mol. The minimum absolute atomic E-state index is 0.134. The summed E-state index contributed by atoms with van der Waals surface area (Å²) in [4.78, 5) is 27.9. The third kappa shape index (κ3) is 4.27. The average Bonchev–Trinajstić information content (AvgIpc) is 3.23. The van der Waals surface area contributed by atoms with Gasteiger partial charge in [0.1, 0.15) is 5.15 Å². The molecular weight excluding hydrogens is 416 g/mol. The second kappa shape index (κ2) is 8.20. The molecule has 0 fully saturated rings. The van der Waals surface area contributed by atoms with E-state index >= 15 is 0 Å². The first-order valence-corrected chi connectivity index (χ1v) is 9.92. The second-order valence-corrected chi connectivity index (χ2v) is 7.49. The number of anilines is 1. The van der Waals surface area contributed by atoms with E-state index in [-0.39, 0.29) is 17.5 Å². The predicted octanol–water partition coefficient (Wildman–Crippen LogP) is 4.45. The number of amides is 1. The number of hydrogen-bond donors (Lipinski definition) is 1. The highest BCUT2D eigenvalue weighted by Gasteiger charge is 2.25. The number of aryl methyl sites for hydroxylation is 2. The van der Waals surface area contributed by atoms with Crippen LogP contribution in [0.1, 0.15) is 29.3 Å². The van der Waals surface area contributed by atoms with Crippen LogP contribution in [-0.2, 0) is 14.3 Å². The quantitative estimate of drug-likeness (QED) is 0.485. The van der Waals surface area contributed by atoms with E-state index < -0.39 is 5.97 Å². The molecule has 1 N–H and O–H groups in total. The molecule has 0 spiro atoms. The van der Waals surface area contributed by atoms with E-state index in [0.29, 0.717) is 27.7 Å². The predicted molar refractivity (Wildman–Crippen MR) is 119 cm³/mol. The molecule has 31 heavy (non-hydrogen) atoms. The summed E-state index contributed by atoms with van der Waals surface area (Å²) in [5.74, 6) is -0.550. The molecule has 1 aromatic heterocycles. The van der Waals surface area contributed by atoms with E-state index in [1.54, 1.807) is 35.0 Å². The number of nitrogens with zero attached hydrogens (tertiary/aromatic N) is 3. The zero-order chi connectivity index (χ0) is 22.1. The van der Waals surface area contributed by atoms with Crippen LogP contribution in [0, 0.1) is 13.8 Å². The summed E-state index contributed by atoms with van der Waals surface area (Å²) in [6.07, 6.45) is 1.58. The Bertz CT molecular complexity index is 1240. The molecule has 0 aliphatic carbocycles. The topological polar surface area (TPSA) is 85.6 Å². The number of aromatic nitrogens is 2. The van der Waals surface area contributed by atoms with Gasteiger partial charge in [-0.1, -0.05) is 29.3 Å². The fourth-order valence-electron chi connectivity index (χ4n) is 3.10. The van der Waals surface area contributed by atoms with Crippen LogP contribution in [-0.4, -0.2) is 27.6 Å².